The number of hydrogen-bond acceptors (Lipinski definition) is 3. The summed E-state index contributed by atoms with van der Waals surface area (Å²) >= 11 is 0. The molecule has 68 valence electrons. The summed E-state index contributed by atoms with van der Waals surface area (Å²) in [6.07, 6.45) is 3.06. The predicted molar refractivity (Wildman–Crippen MR) is 43.0 cm³/mol. The molecule has 0 aliphatic carbocycles. The van der Waals surface area contributed by atoms with Crippen LogP contribution in [0.5, 0.6) is 0 Å². The molecule has 5 nitrogen and oxygen atoms in total. The number of nitrogens with zero attached hydrogens (tertiary/aromatic N) is 2. The summed E-state index contributed by atoms with van der Waals surface area (Å²) in [6, 6.07) is 0. The number of hydrogen-bond donors (Lipinski definition) is 2. The molecule has 1 aromatic rings. The maximum atomic E-state index is 10.5. The lowest BCUT2D eigenvalue weighted by molar-refractivity contribution is -0.993. The van der Waals surface area contributed by atoms with E-state index in [0.717, 1.165) is 0 Å². The van der Waals surface area contributed by atoms with Gasteiger partial charge in [-0.05, 0) is 20.8 Å². The Morgan fingerprint density at radius 2 is 2.17 bits per heavy atom. The van der Waals surface area contributed by atoms with Crippen molar-refractivity contribution in [1.82, 2.24) is 9.55 Å². The van der Waals surface area contributed by atoms with E-state index in [-0.39, 0.29) is 11.4 Å². The number of imidazole rings is 1. The molecule has 1 aromatic heterocycles. The fraction of sp³-hybridized carbons (Fsp3) is 0.571. The Kier molecular flexibility index (Phi) is 2.18. The van der Waals surface area contributed by atoms with Crippen molar-refractivity contribution >= 4 is 5.82 Å². The first-order valence-corrected chi connectivity index (χ1v) is 3.69. The van der Waals surface area contributed by atoms with Crippen molar-refractivity contribution in [3.05, 3.63) is 17.7 Å². The van der Waals surface area contributed by atoms with Gasteiger partial charge in [0.05, 0.1) is 6.20 Å². The van der Waals surface area contributed by atoms with Crippen LogP contribution < -0.4 is 5.23 Å². The van der Waals surface area contributed by atoms with Crippen molar-refractivity contribution in [2.45, 2.75) is 26.3 Å². The lowest BCUT2D eigenvalue weighted by Crippen LogP contribution is -2.99. The van der Waals surface area contributed by atoms with Gasteiger partial charge in [-0.15, -0.1) is 0 Å². The normalized spacial score (nSPS) is 14.8. The second kappa shape index (κ2) is 2.85. The Hall–Kier alpha value is -0.910. The maximum absolute atomic E-state index is 10.5. The van der Waals surface area contributed by atoms with Gasteiger partial charge in [0.15, 0.2) is 0 Å². The van der Waals surface area contributed by atoms with E-state index in [1.165, 1.54) is 12.5 Å². The third kappa shape index (κ3) is 1.82. The molecule has 1 heterocycles. The molecule has 5 heteroatoms. The average molecular weight is 171 g/mol. The fourth-order valence-electron chi connectivity index (χ4n) is 0.800. The van der Waals surface area contributed by atoms with E-state index in [4.69, 9.17) is 5.21 Å². The van der Waals surface area contributed by atoms with E-state index in [9.17, 15) is 5.21 Å². The number of quaternary nitrogens is 1. The first kappa shape index (κ1) is 9.18. The minimum absolute atomic E-state index is 0.0879. The van der Waals surface area contributed by atoms with Crippen LogP contribution in [0, 0.1) is 5.21 Å². The van der Waals surface area contributed by atoms with E-state index in [2.05, 4.69) is 4.98 Å². The van der Waals surface area contributed by atoms with Gasteiger partial charge in [-0.1, -0.05) is 0 Å². The molecule has 1 unspecified atom stereocenters. The van der Waals surface area contributed by atoms with Gasteiger partial charge in [-0.25, -0.2) is 5.21 Å². The smallest absolute Gasteiger partial charge is 0.276 e. The monoisotopic (exact) mass is 171 g/mol. The van der Waals surface area contributed by atoms with Crippen LogP contribution in [0.15, 0.2) is 12.5 Å². The predicted octanol–water partition coefficient (Wildman–Crippen LogP) is 0.0415. The molecule has 12 heavy (non-hydrogen) atoms. The quantitative estimate of drug-likeness (QED) is 0.586. The van der Waals surface area contributed by atoms with Crippen molar-refractivity contribution in [1.29, 1.82) is 0 Å². The lowest BCUT2D eigenvalue weighted by atomic mass is 10.1. The molecule has 0 aliphatic heterocycles. The van der Waals surface area contributed by atoms with Crippen molar-refractivity contribution in [2.75, 3.05) is 0 Å². The van der Waals surface area contributed by atoms with Crippen LogP contribution in [0.4, 0.5) is 5.82 Å². The van der Waals surface area contributed by atoms with Gasteiger partial charge in [0.2, 0.25) is 0 Å². The summed E-state index contributed by atoms with van der Waals surface area (Å²) in [6.45, 7) is 5.96. The molecule has 0 bridgehead atoms. The Labute approximate surface area is 70.8 Å². The molecule has 1 rings (SSSR count). The summed E-state index contributed by atoms with van der Waals surface area (Å²) in [4.78, 5) is 3.75. The van der Waals surface area contributed by atoms with Crippen molar-refractivity contribution < 1.29 is 10.4 Å². The van der Waals surface area contributed by atoms with E-state index in [1.807, 2.05) is 20.8 Å². The molecule has 0 aliphatic rings. The summed E-state index contributed by atoms with van der Waals surface area (Å²) in [5.41, 5.74) is -0.110. The Morgan fingerprint density at radius 3 is 2.42 bits per heavy atom. The van der Waals surface area contributed by atoms with Crippen LogP contribution in [-0.4, -0.2) is 14.8 Å². The molecule has 0 aromatic carbocycles. The molecule has 0 spiro atoms. The molecule has 2 N–H and O–H groups in total. The molecule has 0 fully saturated rings. The highest BCUT2D eigenvalue weighted by Gasteiger charge is 2.15. The zero-order valence-electron chi connectivity index (χ0n) is 7.40. The maximum Gasteiger partial charge on any atom is 0.276 e. The van der Waals surface area contributed by atoms with Crippen molar-refractivity contribution in [3.63, 3.8) is 0 Å². The van der Waals surface area contributed by atoms with E-state index >= 15 is 0 Å². The van der Waals surface area contributed by atoms with Gasteiger partial charge in [-0.2, -0.15) is 10.2 Å². The third-order valence-electron chi connectivity index (χ3n) is 1.58. The molecular formula is C7H13N3O2. The zero-order chi connectivity index (χ0) is 9.35. The number of aromatic nitrogens is 2. The molecular weight excluding hydrogens is 158 g/mol. The highest BCUT2D eigenvalue weighted by Crippen LogP contribution is 2.13. The summed E-state index contributed by atoms with van der Waals surface area (Å²) in [5, 5.41) is 18.1. The van der Waals surface area contributed by atoms with Gasteiger partial charge < -0.3 is 9.77 Å². The summed E-state index contributed by atoms with van der Waals surface area (Å²) < 4.78 is 1.77. The Morgan fingerprint density at radius 1 is 1.58 bits per heavy atom. The van der Waals surface area contributed by atoms with Crippen molar-refractivity contribution in [2.24, 2.45) is 0 Å². The number of nitrogens with one attached hydrogen (secondary N) is 1. The molecule has 0 amide bonds. The van der Waals surface area contributed by atoms with Crippen LogP contribution >= 0.6 is 0 Å². The minimum Gasteiger partial charge on any atom is -0.594 e. The van der Waals surface area contributed by atoms with Crippen molar-refractivity contribution in [3.8, 4) is 0 Å². The summed E-state index contributed by atoms with van der Waals surface area (Å²) in [7, 11) is 0. The molecule has 0 saturated heterocycles. The van der Waals surface area contributed by atoms with Gasteiger partial charge in [-0.3, -0.25) is 0 Å². The van der Waals surface area contributed by atoms with Gasteiger partial charge in [0.25, 0.3) is 5.82 Å². The van der Waals surface area contributed by atoms with Gasteiger partial charge in [0.1, 0.15) is 6.33 Å². The van der Waals surface area contributed by atoms with Crippen LogP contribution in [0.3, 0.4) is 0 Å². The van der Waals surface area contributed by atoms with E-state index in [1.54, 1.807) is 4.57 Å². The molecule has 0 radical (unpaired) electrons. The number of rotatable bonds is 1. The van der Waals surface area contributed by atoms with Crippen LogP contribution in [-0.2, 0) is 5.54 Å². The molecule has 1 atom stereocenters. The van der Waals surface area contributed by atoms with Gasteiger partial charge in [0, 0.05) is 5.54 Å². The fourth-order valence-corrected chi connectivity index (χ4v) is 0.800. The van der Waals surface area contributed by atoms with Crippen LogP contribution in [0.2, 0.25) is 0 Å². The minimum atomic E-state index is -0.988. The third-order valence-corrected chi connectivity index (χ3v) is 1.58. The zero-order valence-corrected chi connectivity index (χ0v) is 7.40. The SMILES string of the molecule is CC(C)(C)n1cnc([NH+]([O-])O)c1. The summed E-state index contributed by atoms with van der Waals surface area (Å²) in [5.74, 6) is 0.0879. The topological polar surface area (TPSA) is 65.5 Å². The second-order valence-electron chi connectivity index (χ2n) is 3.64. The standard InChI is InChI=1S/C7H13N3O2/c1-7(2,3)9-4-6(8-5-9)10(11)12/h4-5,10-11H,1-3H3. The van der Waals surface area contributed by atoms with E-state index in [0.29, 0.717) is 0 Å². The van der Waals surface area contributed by atoms with Gasteiger partial charge >= 0.3 is 0 Å². The van der Waals surface area contributed by atoms with Crippen LogP contribution in [0.25, 0.3) is 0 Å². The Bertz CT molecular complexity index is 262. The second-order valence-corrected chi connectivity index (χ2v) is 3.64. The van der Waals surface area contributed by atoms with Crippen LogP contribution in [0.1, 0.15) is 20.8 Å². The first-order chi connectivity index (χ1) is 5.41. The highest BCUT2D eigenvalue weighted by molar-refractivity contribution is 5.12. The highest BCUT2D eigenvalue weighted by atomic mass is 16.8. The molecule has 0 saturated carbocycles. The lowest BCUT2D eigenvalue weighted by Gasteiger charge is -2.19. The first-order valence-electron chi connectivity index (χ1n) is 3.69. The van der Waals surface area contributed by atoms with E-state index < -0.39 is 5.23 Å². The Balaban J connectivity index is 2.92. The average Bonchev–Trinajstić information content (AvgIpc) is 2.30. The largest absolute Gasteiger partial charge is 0.594 e.